The van der Waals surface area contributed by atoms with Gasteiger partial charge in [-0.05, 0) is 77.0 Å². The molecule has 0 bridgehead atoms. The Morgan fingerprint density at radius 3 is 2.62 bits per heavy atom. The number of halogens is 1. The maximum atomic E-state index is 12.9. The minimum atomic E-state index is -0.665. The number of carbonyl (C=O) groups is 4. The van der Waals surface area contributed by atoms with Crippen molar-refractivity contribution in [3.8, 4) is 11.5 Å². The molecule has 2 aromatic carbocycles. The van der Waals surface area contributed by atoms with Crippen LogP contribution in [-0.4, -0.2) is 49.5 Å². The first-order valence-electron chi connectivity index (χ1n) is 11.6. The molecular formula is C27H24IN3O8. The van der Waals surface area contributed by atoms with Gasteiger partial charge in [-0.25, -0.2) is 9.59 Å². The standard InChI is InChI=1S/C27H24IN3O8/c1-15-6-4-5-7-19(15)29-23(32)14-38-24-18(28)10-16(12-22(24)36-2)11-20-25(33)31(27(35)30-20)13-17-8-9-21(39-17)26(34)37-3/h4-12H,13-14H2,1-3H3,(H,29,32)(H,30,35)/b20-11-. The monoisotopic (exact) mass is 645 g/mol. The summed E-state index contributed by atoms with van der Waals surface area (Å²) >= 11 is 2.04. The molecule has 39 heavy (non-hydrogen) atoms. The highest BCUT2D eigenvalue weighted by molar-refractivity contribution is 14.1. The van der Waals surface area contributed by atoms with Gasteiger partial charge in [0.1, 0.15) is 11.5 Å². The average Bonchev–Trinajstić information content (AvgIpc) is 3.49. The molecule has 0 aliphatic carbocycles. The van der Waals surface area contributed by atoms with Crippen LogP contribution in [0, 0.1) is 10.5 Å². The van der Waals surface area contributed by atoms with Gasteiger partial charge in [-0.3, -0.25) is 14.5 Å². The summed E-state index contributed by atoms with van der Waals surface area (Å²) in [5.41, 5.74) is 2.23. The first-order valence-corrected chi connectivity index (χ1v) is 12.7. The van der Waals surface area contributed by atoms with Crippen LogP contribution >= 0.6 is 22.6 Å². The van der Waals surface area contributed by atoms with E-state index in [1.165, 1.54) is 32.4 Å². The molecular weight excluding hydrogens is 621 g/mol. The molecule has 11 nitrogen and oxygen atoms in total. The predicted octanol–water partition coefficient (Wildman–Crippen LogP) is 4.10. The van der Waals surface area contributed by atoms with Crippen molar-refractivity contribution >= 4 is 58.2 Å². The van der Waals surface area contributed by atoms with E-state index in [4.69, 9.17) is 13.9 Å². The van der Waals surface area contributed by atoms with E-state index in [1.54, 1.807) is 18.2 Å². The molecule has 2 heterocycles. The number of amides is 4. The third-order valence-electron chi connectivity index (χ3n) is 5.65. The second-order valence-corrected chi connectivity index (χ2v) is 9.49. The summed E-state index contributed by atoms with van der Waals surface area (Å²) in [4.78, 5) is 50.4. The number of furan rings is 1. The number of imide groups is 1. The maximum Gasteiger partial charge on any atom is 0.373 e. The third-order valence-corrected chi connectivity index (χ3v) is 6.46. The highest BCUT2D eigenvalue weighted by atomic mass is 127. The number of nitrogens with one attached hydrogen (secondary N) is 2. The fraction of sp³-hybridized carbons (Fsp3) is 0.185. The molecule has 0 atom stereocenters. The Morgan fingerprint density at radius 2 is 1.90 bits per heavy atom. The summed E-state index contributed by atoms with van der Waals surface area (Å²) in [6.45, 7) is 1.48. The van der Waals surface area contributed by atoms with Crippen LogP contribution < -0.4 is 20.1 Å². The number of carbonyl (C=O) groups excluding carboxylic acids is 4. The number of esters is 1. The molecule has 0 radical (unpaired) electrons. The van der Waals surface area contributed by atoms with Crippen LogP contribution in [0.5, 0.6) is 11.5 Å². The molecule has 0 unspecified atom stereocenters. The molecule has 1 fully saturated rings. The molecule has 4 rings (SSSR count). The number of urea groups is 1. The average molecular weight is 645 g/mol. The second-order valence-electron chi connectivity index (χ2n) is 8.32. The van der Waals surface area contributed by atoms with E-state index < -0.39 is 17.9 Å². The number of hydrogen-bond acceptors (Lipinski definition) is 8. The van der Waals surface area contributed by atoms with Crippen LogP contribution in [0.2, 0.25) is 0 Å². The minimum Gasteiger partial charge on any atom is -0.493 e. The fourth-order valence-electron chi connectivity index (χ4n) is 3.71. The topological polar surface area (TPSA) is 136 Å². The van der Waals surface area contributed by atoms with Crippen molar-refractivity contribution < 1.29 is 37.8 Å². The third kappa shape index (κ3) is 6.39. The summed E-state index contributed by atoms with van der Waals surface area (Å²) in [5, 5.41) is 5.35. The molecule has 2 N–H and O–H groups in total. The van der Waals surface area contributed by atoms with Crippen molar-refractivity contribution in [2.45, 2.75) is 13.5 Å². The van der Waals surface area contributed by atoms with Gasteiger partial charge < -0.3 is 29.3 Å². The molecule has 202 valence electrons. The van der Waals surface area contributed by atoms with E-state index in [-0.39, 0.29) is 36.3 Å². The number of methoxy groups -OCH3 is 2. The number of rotatable bonds is 9. The van der Waals surface area contributed by atoms with Gasteiger partial charge in [0.2, 0.25) is 5.76 Å². The molecule has 0 spiro atoms. The van der Waals surface area contributed by atoms with Crippen molar-refractivity contribution in [2.75, 3.05) is 26.1 Å². The Labute approximate surface area is 237 Å². The minimum absolute atomic E-state index is 0.0352. The van der Waals surface area contributed by atoms with Gasteiger partial charge in [0.25, 0.3) is 11.8 Å². The molecule has 12 heteroatoms. The van der Waals surface area contributed by atoms with Gasteiger partial charge >= 0.3 is 12.0 Å². The van der Waals surface area contributed by atoms with Crippen molar-refractivity contribution in [3.05, 3.63) is 80.4 Å². The van der Waals surface area contributed by atoms with E-state index in [1.807, 2.05) is 47.7 Å². The zero-order chi connectivity index (χ0) is 28.1. The van der Waals surface area contributed by atoms with E-state index in [2.05, 4.69) is 15.4 Å². The second kappa shape index (κ2) is 12.0. The van der Waals surface area contributed by atoms with Gasteiger partial charge in [-0.15, -0.1) is 0 Å². The first-order chi connectivity index (χ1) is 18.7. The largest absolute Gasteiger partial charge is 0.493 e. The molecule has 1 saturated heterocycles. The molecule has 1 aliphatic heterocycles. The lowest BCUT2D eigenvalue weighted by molar-refractivity contribution is -0.123. The Kier molecular flexibility index (Phi) is 8.54. The summed E-state index contributed by atoms with van der Waals surface area (Å²) in [5.74, 6) is -0.654. The number of aryl methyl sites for hydroxylation is 1. The van der Waals surface area contributed by atoms with E-state index >= 15 is 0 Å². The Balaban J connectivity index is 1.46. The maximum absolute atomic E-state index is 12.9. The van der Waals surface area contributed by atoms with Gasteiger partial charge in [-0.1, -0.05) is 18.2 Å². The van der Waals surface area contributed by atoms with Crippen LogP contribution in [0.25, 0.3) is 6.08 Å². The highest BCUT2D eigenvalue weighted by Crippen LogP contribution is 2.35. The molecule has 4 amide bonds. The summed E-state index contributed by atoms with van der Waals surface area (Å²) in [6, 6.07) is 13.0. The Bertz CT molecular complexity index is 1480. The summed E-state index contributed by atoms with van der Waals surface area (Å²) in [6.07, 6.45) is 1.50. The Hall–Kier alpha value is -4.33. The molecule has 0 saturated carbocycles. The summed E-state index contributed by atoms with van der Waals surface area (Å²) in [7, 11) is 2.68. The van der Waals surface area contributed by atoms with Crippen LogP contribution in [-0.2, 0) is 20.9 Å². The summed E-state index contributed by atoms with van der Waals surface area (Å²) < 4.78 is 21.8. The van der Waals surface area contributed by atoms with Crippen molar-refractivity contribution in [3.63, 3.8) is 0 Å². The molecule has 1 aromatic heterocycles. The number of hydrogen-bond donors (Lipinski definition) is 2. The molecule has 3 aromatic rings. The van der Waals surface area contributed by atoms with Gasteiger partial charge in [0.05, 0.1) is 24.3 Å². The van der Waals surface area contributed by atoms with E-state index in [0.29, 0.717) is 26.3 Å². The smallest absolute Gasteiger partial charge is 0.373 e. The lowest BCUT2D eigenvalue weighted by atomic mass is 10.1. The predicted molar refractivity (Wildman–Crippen MR) is 148 cm³/mol. The van der Waals surface area contributed by atoms with Crippen molar-refractivity contribution in [2.24, 2.45) is 0 Å². The van der Waals surface area contributed by atoms with Crippen molar-refractivity contribution in [1.82, 2.24) is 10.2 Å². The zero-order valence-electron chi connectivity index (χ0n) is 21.2. The highest BCUT2D eigenvalue weighted by Gasteiger charge is 2.34. The number of nitrogens with zero attached hydrogens (tertiary/aromatic N) is 1. The van der Waals surface area contributed by atoms with Gasteiger partial charge in [0, 0.05) is 5.69 Å². The van der Waals surface area contributed by atoms with Crippen LogP contribution in [0.3, 0.4) is 0 Å². The van der Waals surface area contributed by atoms with Crippen LogP contribution in [0.15, 0.2) is 58.6 Å². The normalized spacial score (nSPS) is 13.8. The van der Waals surface area contributed by atoms with Crippen molar-refractivity contribution in [1.29, 1.82) is 0 Å². The van der Waals surface area contributed by atoms with Gasteiger partial charge in [0.15, 0.2) is 18.1 Å². The number of para-hydroxylation sites is 1. The zero-order valence-corrected chi connectivity index (χ0v) is 23.4. The van der Waals surface area contributed by atoms with E-state index in [0.717, 1.165) is 10.5 Å². The van der Waals surface area contributed by atoms with Crippen LogP contribution in [0.4, 0.5) is 10.5 Å². The molecule has 1 aliphatic rings. The van der Waals surface area contributed by atoms with E-state index in [9.17, 15) is 19.2 Å². The number of anilines is 1. The van der Waals surface area contributed by atoms with Crippen LogP contribution in [0.1, 0.15) is 27.4 Å². The lowest BCUT2D eigenvalue weighted by Crippen LogP contribution is -2.30. The SMILES string of the molecule is COC(=O)c1ccc(CN2C(=O)N/C(=C\c3cc(I)c(OCC(=O)Nc4ccccc4C)c(OC)c3)C2=O)o1. The van der Waals surface area contributed by atoms with Gasteiger partial charge in [-0.2, -0.15) is 0 Å². The first kappa shape index (κ1) is 27.7. The number of benzene rings is 2. The number of ether oxygens (including phenoxy) is 3. The fourth-order valence-corrected chi connectivity index (χ4v) is 4.49. The Morgan fingerprint density at radius 1 is 1.13 bits per heavy atom. The lowest BCUT2D eigenvalue weighted by Gasteiger charge is -2.14. The quantitative estimate of drug-likeness (QED) is 0.154.